The Morgan fingerprint density at radius 1 is 1.23 bits per heavy atom. The molecule has 0 spiro atoms. The molecular formula is C9H16BrMgNSi. The fourth-order valence-electron chi connectivity index (χ4n) is 0.407. The van der Waals surface area contributed by atoms with E-state index >= 15 is 0 Å². The molecule has 0 aliphatic rings. The molecule has 0 atom stereocenters. The van der Waals surface area contributed by atoms with E-state index in [-0.39, 0.29) is 48.8 Å². The van der Waals surface area contributed by atoms with Crippen molar-refractivity contribution in [3.05, 3.63) is 30.3 Å². The summed E-state index contributed by atoms with van der Waals surface area (Å²) in [6.45, 7) is 6.81. The third-order valence-corrected chi connectivity index (χ3v) is 0.733. The van der Waals surface area contributed by atoms with Gasteiger partial charge < -0.3 is 5.73 Å². The van der Waals surface area contributed by atoms with E-state index in [9.17, 15) is 0 Å². The van der Waals surface area contributed by atoms with Crippen LogP contribution in [0.15, 0.2) is 24.3 Å². The summed E-state index contributed by atoms with van der Waals surface area (Å²) in [6, 6.07) is 10.2. The predicted octanol–water partition coefficient (Wildman–Crippen LogP) is 2.64. The van der Waals surface area contributed by atoms with Gasteiger partial charge in [0, 0.05) is 0 Å². The van der Waals surface area contributed by atoms with Gasteiger partial charge in [-0.05, 0) is 0 Å². The van der Waals surface area contributed by atoms with E-state index in [1.165, 1.54) is 0 Å². The van der Waals surface area contributed by atoms with Gasteiger partial charge in [-0.2, -0.15) is 43.9 Å². The molecule has 0 saturated heterocycles. The third-order valence-electron chi connectivity index (χ3n) is 0.733. The third kappa shape index (κ3) is 19.1. The van der Waals surface area contributed by atoms with Gasteiger partial charge in [0.2, 0.25) is 0 Å². The minimum absolute atomic E-state index is 0. The number of nitrogen functional groups attached to an aromatic ring is 1. The largest absolute Gasteiger partial charge is 2.00 e. The summed E-state index contributed by atoms with van der Waals surface area (Å²) < 4.78 is 0. The van der Waals surface area contributed by atoms with Crippen LogP contribution in [0.5, 0.6) is 0 Å². The first-order valence-electron chi connectivity index (χ1n) is 3.62. The molecule has 0 fully saturated rings. The standard InChI is InChI=1S/C6H6N.C3H9Si.BrH.Mg/c7-6-4-2-1-3-5-6;1-4(2)3;;/h1-4H,7H2;1-3H3;1H;/q2*-1;;+2. The fourth-order valence-corrected chi connectivity index (χ4v) is 0.407. The van der Waals surface area contributed by atoms with Crippen molar-refractivity contribution in [3.63, 3.8) is 0 Å². The number of hydrogen-bond acceptors (Lipinski definition) is 1. The van der Waals surface area contributed by atoms with E-state index in [0.717, 1.165) is 0 Å². The molecule has 0 aromatic heterocycles. The van der Waals surface area contributed by atoms with E-state index in [1.807, 2.05) is 12.1 Å². The second-order valence-corrected chi connectivity index (χ2v) is 5.82. The summed E-state index contributed by atoms with van der Waals surface area (Å²) >= 11 is 0. The minimum atomic E-state index is 0. The van der Waals surface area contributed by atoms with Crippen LogP contribution in [0.25, 0.3) is 0 Å². The van der Waals surface area contributed by atoms with E-state index < -0.39 is 0 Å². The first-order chi connectivity index (χ1) is 5.13. The van der Waals surface area contributed by atoms with Gasteiger partial charge in [-0.3, -0.25) is 8.80 Å². The molecule has 70 valence electrons. The zero-order valence-corrected chi connectivity index (χ0v) is 12.6. The Kier molecular flexibility index (Phi) is 18.4. The summed E-state index contributed by atoms with van der Waals surface area (Å²) in [5, 5.41) is 0. The smallest absolute Gasteiger partial charge is 0.420 e. The summed E-state index contributed by atoms with van der Waals surface area (Å²) in [4.78, 5) is 0. The SMILES string of the molecule is Br.C[Si-](C)C.Nc1[c-]cccc1.[Mg+2]. The average Bonchev–Trinajstić information content (AvgIpc) is 1.87. The van der Waals surface area contributed by atoms with E-state index in [0.29, 0.717) is 5.69 Å². The van der Waals surface area contributed by atoms with Crippen LogP contribution in [0.2, 0.25) is 19.6 Å². The molecule has 0 bridgehead atoms. The van der Waals surface area contributed by atoms with E-state index in [2.05, 4.69) is 25.7 Å². The maximum absolute atomic E-state index is 5.30. The van der Waals surface area contributed by atoms with Gasteiger partial charge in [-0.15, -0.1) is 23.0 Å². The summed E-state index contributed by atoms with van der Waals surface area (Å²) in [5.41, 5.74) is 6.00. The summed E-state index contributed by atoms with van der Waals surface area (Å²) in [6.07, 6.45) is 0. The van der Waals surface area contributed by atoms with Crippen LogP contribution in [0.3, 0.4) is 0 Å². The first kappa shape index (κ1) is 19.1. The number of anilines is 1. The molecule has 2 N–H and O–H groups in total. The van der Waals surface area contributed by atoms with Crippen molar-refractivity contribution in [3.8, 4) is 0 Å². The molecule has 0 saturated carbocycles. The molecule has 13 heavy (non-hydrogen) atoms. The second kappa shape index (κ2) is 12.5. The fraction of sp³-hybridized carbons (Fsp3) is 0.333. The van der Waals surface area contributed by atoms with Crippen molar-refractivity contribution in [2.24, 2.45) is 0 Å². The molecule has 4 heteroatoms. The molecule has 1 rings (SSSR count). The van der Waals surface area contributed by atoms with E-state index in [4.69, 9.17) is 5.73 Å². The number of rotatable bonds is 0. The molecule has 0 unspecified atom stereocenters. The van der Waals surface area contributed by atoms with Crippen LogP contribution in [0.1, 0.15) is 0 Å². The van der Waals surface area contributed by atoms with Gasteiger partial charge >= 0.3 is 23.1 Å². The zero-order chi connectivity index (χ0) is 8.69. The normalized spacial score (nSPS) is 7.38. The monoisotopic (exact) mass is 269 g/mol. The van der Waals surface area contributed by atoms with Gasteiger partial charge in [0.15, 0.2) is 0 Å². The van der Waals surface area contributed by atoms with Gasteiger partial charge in [0.1, 0.15) is 0 Å². The van der Waals surface area contributed by atoms with Gasteiger partial charge in [-0.25, -0.2) is 0 Å². The van der Waals surface area contributed by atoms with Crippen LogP contribution in [0.4, 0.5) is 5.69 Å². The Bertz CT molecular complexity index is 179. The second-order valence-electron chi connectivity index (χ2n) is 2.82. The van der Waals surface area contributed by atoms with Crippen molar-refractivity contribution in [1.29, 1.82) is 0 Å². The predicted molar refractivity (Wildman–Crippen MR) is 69.1 cm³/mol. The van der Waals surface area contributed by atoms with Crippen molar-refractivity contribution in [2.75, 3.05) is 5.73 Å². The quantitative estimate of drug-likeness (QED) is 0.438. The molecule has 0 radical (unpaired) electrons. The maximum Gasteiger partial charge on any atom is 2.00 e. The summed E-state index contributed by atoms with van der Waals surface area (Å²) in [5.74, 6) is 0. The molecule has 0 amide bonds. The number of nitrogens with two attached hydrogens (primary N) is 1. The molecular weight excluding hydrogens is 254 g/mol. The maximum atomic E-state index is 5.30. The Hall–Kier alpha value is 0.483. The van der Waals surface area contributed by atoms with Crippen LogP contribution in [-0.4, -0.2) is 31.8 Å². The van der Waals surface area contributed by atoms with Crippen molar-refractivity contribution in [2.45, 2.75) is 19.6 Å². The van der Waals surface area contributed by atoms with Crippen LogP contribution < -0.4 is 5.73 Å². The van der Waals surface area contributed by atoms with Crippen LogP contribution in [0, 0.1) is 6.07 Å². The number of benzene rings is 1. The van der Waals surface area contributed by atoms with Gasteiger partial charge in [-0.1, -0.05) is 5.69 Å². The number of para-hydroxylation sites is 1. The molecule has 0 heterocycles. The van der Waals surface area contributed by atoms with E-state index in [1.54, 1.807) is 12.1 Å². The van der Waals surface area contributed by atoms with Crippen molar-refractivity contribution in [1.82, 2.24) is 0 Å². The minimum Gasteiger partial charge on any atom is -0.420 e. The van der Waals surface area contributed by atoms with Gasteiger partial charge in [0.25, 0.3) is 0 Å². The van der Waals surface area contributed by atoms with Gasteiger partial charge in [0.05, 0.1) is 0 Å². The average molecular weight is 271 g/mol. The molecule has 1 aromatic rings. The molecule has 0 aliphatic heterocycles. The number of halogens is 1. The Morgan fingerprint density at radius 2 is 1.69 bits per heavy atom. The molecule has 1 nitrogen and oxygen atoms in total. The Balaban J connectivity index is -0.000000150. The Labute approximate surface area is 110 Å². The molecule has 0 aliphatic carbocycles. The van der Waals surface area contributed by atoms with Crippen molar-refractivity contribution >= 4 is 54.5 Å². The topological polar surface area (TPSA) is 26.0 Å². The van der Waals surface area contributed by atoms with Crippen molar-refractivity contribution < 1.29 is 0 Å². The Morgan fingerprint density at radius 3 is 1.85 bits per heavy atom. The first-order valence-corrected chi connectivity index (χ1v) is 6.62. The number of hydrogen-bond donors (Lipinski definition) is 1. The van der Waals surface area contributed by atoms with Crippen LogP contribution in [-0.2, 0) is 0 Å². The van der Waals surface area contributed by atoms with Crippen LogP contribution >= 0.6 is 17.0 Å². The molecule has 1 aromatic carbocycles. The zero-order valence-electron chi connectivity index (χ0n) is 8.50. The summed E-state index contributed by atoms with van der Waals surface area (Å²) in [7, 11) is 0.120.